The molecule has 1 fully saturated rings. The summed E-state index contributed by atoms with van der Waals surface area (Å²) in [5.41, 5.74) is 1.14. The SMILES string of the molecule is O=C(Nc1ccc(F)cc1)c1nn(O)c2ccc(C(=O)N3CCCCC3)cc12. The van der Waals surface area contributed by atoms with Crippen LogP contribution in [0.2, 0.25) is 0 Å². The Morgan fingerprint density at radius 3 is 2.46 bits per heavy atom. The molecule has 0 spiro atoms. The fourth-order valence-corrected chi connectivity index (χ4v) is 3.41. The van der Waals surface area contributed by atoms with Crippen LogP contribution in [0.3, 0.4) is 0 Å². The number of benzene rings is 2. The third kappa shape index (κ3) is 3.40. The zero-order valence-corrected chi connectivity index (χ0v) is 15.1. The first-order chi connectivity index (χ1) is 13.5. The number of aromatic nitrogens is 2. The molecular weight excluding hydrogens is 363 g/mol. The summed E-state index contributed by atoms with van der Waals surface area (Å²) < 4.78 is 13.0. The topological polar surface area (TPSA) is 87.5 Å². The number of piperidine rings is 1. The van der Waals surface area contributed by atoms with Gasteiger partial charge in [-0.05, 0) is 61.7 Å². The van der Waals surface area contributed by atoms with Crippen LogP contribution in [0.4, 0.5) is 10.1 Å². The number of hydrogen-bond donors (Lipinski definition) is 2. The van der Waals surface area contributed by atoms with Gasteiger partial charge < -0.3 is 15.4 Å². The number of nitrogens with one attached hydrogen (secondary N) is 1. The van der Waals surface area contributed by atoms with Crippen molar-refractivity contribution in [3.05, 3.63) is 59.5 Å². The quantitative estimate of drug-likeness (QED) is 0.681. The molecule has 0 radical (unpaired) electrons. The van der Waals surface area contributed by atoms with E-state index in [0.717, 1.165) is 19.3 Å². The largest absolute Gasteiger partial charge is 0.411 e. The van der Waals surface area contributed by atoms with Crippen LogP contribution in [-0.4, -0.2) is 45.0 Å². The Balaban J connectivity index is 1.65. The summed E-state index contributed by atoms with van der Waals surface area (Å²) in [6.45, 7) is 1.43. The Hall–Kier alpha value is -3.42. The van der Waals surface area contributed by atoms with E-state index in [-0.39, 0.29) is 11.6 Å². The molecule has 144 valence electrons. The van der Waals surface area contributed by atoms with E-state index < -0.39 is 11.7 Å². The van der Waals surface area contributed by atoms with Gasteiger partial charge in [0.1, 0.15) is 11.3 Å². The monoisotopic (exact) mass is 382 g/mol. The van der Waals surface area contributed by atoms with E-state index in [2.05, 4.69) is 10.4 Å². The minimum absolute atomic E-state index is 0.0184. The van der Waals surface area contributed by atoms with Gasteiger partial charge in [-0.15, -0.1) is 9.94 Å². The molecule has 0 saturated carbocycles. The Kier molecular flexibility index (Phi) is 4.68. The van der Waals surface area contributed by atoms with Crippen molar-refractivity contribution in [1.82, 2.24) is 14.8 Å². The smallest absolute Gasteiger partial charge is 0.276 e. The van der Waals surface area contributed by atoms with E-state index in [9.17, 15) is 19.2 Å². The molecule has 0 bridgehead atoms. The minimum atomic E-state index is -0.563. The van der Waals surface area contributed by atoms with Crippen LogP contribution in [0, 0.1) is 5.82 Å². The average Bonchev–Trinajstić information content (AvgIpc) is 3.06. The maximum Gasteiger partial charge on any atom is 0.276 e. The summed E-state index contributed by atoms with van der Waals surface area (Å²) in [6, 6.07) is 10.1. The van der Waals surface area contributed by atoms with Gasteiger partial charge in [0.25, 0.3) is 11.8 Å². The van der Waals surface area contributed by atoms with Crippen molar-refractivity contribution in [3.63, 3.8) is 0 Å². The molecule has 8 heteroatoms. The molecule has 3 aromatic rings. The van der Waals surface area contributed by atoms with Gasteiger partial charge in [0, 0.05) is 29.7 Å². The number of likely N-dealkylation sites (tertiary alicyclic amines) is 1. The van der Waals surface area contributed by atoms with Crippen LogP contribution < -0.4 is 5.32 Å². The van der Waals surface area contributed by atoms with Gasteiger partial charge in [0.2, 0.25) is 0 Å². The number of halogens is 1. The summed E-state index contributed by atoms with van der Waals surface area (Å²) >= 11 is 0. The number of hydrogen-bond acceptors (Lipinski definition) is 4. The van der Waals surface area contributed by atoms with Gasteiger partial charge in [0.05, 0.1) is 0 Å². The fraction of sp³-hybridized carbons (Fsp3) is 0.250. The molecule has 1 aliphatic heterocycles. The normalized spacial score (nSPS) is 14.2. The number of nitrogens with zero attached hydrogens (tertiary/aromatic N) is 3. The van der Waals surface area contributed by atoms with Crippen LogP contribution in [0.15, 0.2) is 42.5 Å². The number of anilines is 1. The lowest BCUT2D eigenvalue weighted by atomic mass is 10.1. The first-order valence-electron chi connectivity index (χ1n) is 9.11. The fourth-order valence-electron chi connectivity index (χ4n) is 3.41. The molecule has 1 saturated heterocycles. The maximum absolute atomic E-state index is 13.0. The lowest BCUT2D eigenvalue weighted by molar-refractivity contribution is 0.0724. The molecule has 0 unspecified atom stereocenters. The number of fused-ring (bicyclic) bond motifs is 1. The molecule has 1 aliphatic rings. The third-order valence-corrected chi connectivity index (χ3v) is 4.87. The predicted octanol–water partition coefficient (Wildman–Crippen LogP) is 3.29. The standard InChI is InChI=1S/C20H19FN4O3/c21-14-5-7-15(8-6-14)22-19(26)18-16-12-13(4-9-17(16)25(28)23-18)20(27)24-10-2-1-3-11-24/h4-9,12,28H,1-3,10-11H2,(H,22,26). The molecule has 2 heterocycles. The number of carbonyl (C=O) groups excluding carboxylic acids is 2. The number of rotatable bonds is 3. The Morgan fingerprint density at radius 2 is 1.75 bits per heavy atom. The summed E-state index contributed by atoms with van der Waals surface area (Å²) in [5, 5.41) is 16.9. The summed E-state index contributed by atoms with van der Waals surface area (Å²) in [7, 11) is 0. The molecule has 28 heavy (non-hydrogen) atoms. The van der Waals surface area contributed by atoms with Crippen molar-refractivity contribution in [2.45, 2.75) is 19.3 Å². The van der Waals surface area contributed by atoms with E-state index >= 15 is 0 Å². The van der Waals surface area contributed by atoms with Crippen LogP contribution in [0.5, 0.6) is 0 Å². The van der Waals surface area contributed by atoms with Crippen molar-refractivity contribution in [1.29, 1.82) is 0 Å². The summed E-state index contributed by atoms with van der Waals surface area (Å²) in [6.07, 6.45) is 3.08. The molecule has 2 aromatic carbocycles. The molecule has 4 rings (SSSR count). The first kappa shape index (κ1) is 18.0. The van der Waals surface area contributed by atoms with Crippen LogP contribution in [-0.2, 0) is 0 Å². The zero-order chi connectivity index (χ0) is 19.7. The molecule has 2 amide bonds. The van der Waals surface area contributed by atoms with Gasteiger partial charge in [-0.3, -0.25) is 9.59 Å². The van der Waals surface area contributed by atoms with E-state index in [1.807, 2.05) is 0 Å². The van der Waals surface area contributed by atoms with Crippen molar-refractivity contribution in [2.24, 2.45) is 0 Å². The van der Waals surface area contributed by atoms with Gasteiger partial charge in [-0.1, -0.05) is 0 Å². The highest BCUT2D eigenvalue weighted by Crippen LogP contribution is 2.23. The lowest BCUT2D eigenvalue weighted by Gasteiger charge is -2.26. The Morgan fingerprint density at radius 1 is 1.04 bits per heavy atom. The van der Waals surface area contributed by atoms with E-state index in [0.29, 0.717) is 40.1 Å². The van der Waals surface area contributed by atoms with Crippen molar-refractivity contribution < 1.29 is 19.2 Å². The highest BCUT2D eigenvalue weighted by Gasteiger charge is 2.22. The zero-order valence-electron chi connectivity index (χ0n) is 15.1. The van der Waals surface area contributed by atoms with Gasteiger partial charge in [-0.2, -0.15) is 0 Å². The van der Waals surface area contributed by atoms with E-state index in [4.69, 9.17) is 0 Å². The Labute approximate surface area is 160 Å². The highest BCUT2D eigenvalue weighted by molar-refractivity contribution is 6.12. The highest BCUT2D eigenvalue weighted by atomic mass is 19.1. The molecule has 7 nitrogen and oxygen atoms in total. The number of carbonyl (C=O) groups is 2. The average molecular weight is 382 g/mol. The molecule has 2 N–H and O–H groups in total. The third-order valence-electron chi connectivity index (χ3n) is 4.87. The molecule has 0 atom stereocenters. The Bertz CT molecular complexity index is 1040. The number of amides is 2. The van der Waals surface area contributed by atoms with Crippen molar-refractivity contribution in [3.8, 4) is 0 Å². The van der Waals surface area contributed by atoms with Crippen molar-refractivity contribution >= 4 is 28.4 Å². The van der Waals surface area contributed by atoms with Gasteiger partial charge >= 0.3 is 0 Å². The van der Waals surface area contributed by atoms with E-state index in [1.165, 1.54) is 24.3 Å². The summed E-state index contributed by atoms with van der Waals surface area (Å²) in [5.74, 6) is -1.08. The maximum atomic E-state index is 13.0. The molecule has 1 aromatic heterocycles. The minimum Gasteiger partial charge on any atom is -0.411 e. The molecular formula is C20H19FN4O3. The first-order valence-corrected chi connectivity index (χ1v) is 9.11. The van der Waals surface area contributed by atoms with E-state index in [1.54, 1.807) is 23.1 Å². The van der Waals surface area contributed by atoms with Crippen molar-refractivity contribution in [2.75, 3.05) is 18.4 Å². The van der Waals surface area contributed by atoms with Crippen LogP contribution in [0.25, 0.3) is 10.9 Å². The predicted molar refractivity (Wildman–Crippen MR) is 101 cm³/mol. The van der Waals surface area contributed by atoms with Crippen LogP contribution >= 0.6 is 0 Å². The molecule has 0 aliphatic carbocycles. The van der Waals surface area contributed by atoms with Gasteiger partial charge in [-0.25, -0.2) is 4.39 Å². The second kappa shape index (κ2) is 7.30. The lowest BCUT2D eigenvalue weighted by Crippen LogP contribution is -2.35. The summed E-state index contributed by atoms with van der Waals surface area (Å²) in [4.78, 5) is 27.8. The van der Waals surface area contributed by atoms with Crippen LogP contribution in [0.1, 0.15) is 40.1 Å². The second-order valence-corrected chi connectivity index (χ2v) is 6.78. The van der Waals surface area contributed by atoms with Gasteiger partial charge in [0.15, 0.2) is 5.69 Å². The second-order valence-electron chi connectivity index (χ2n) is 6.78.